The fraction of sp³-hybridized carbons (Fsp3) is 0.278. The molecule has 1 fully saturated rings. The van der Waals surface area contributed by atoms with E-state index in [0.717, 1.165) is 6.54 Å². The Kier molecular flexibility index (Phi) is 4.66. The van der Waals surface area contributed by atoms with Gasteiger partial charge in [0.2, 0.25) is 0 Å². The molecule has 1 amide bonds. The number of benzene rings is 2. The number of nitrogens with one attached hydrogen (secondary N) is 1. The van der Waals surface area contributed by atoms with Gasteiger partial charge in [0.05, 0.1) is 0 Å². The van der Waals surface area contributed by atoms with Gasteiger partial charge in [0.1, 0.15) is 5.75 Å². The number of hydrogen-bond donors (Lipinski definition) is 2. The van der Waals surface area contributed by atoms with Crippen molar-refractivity contribution in [3.05, 3.63) is 48.5 Å². The van der Waals surface area contributed by atoms with E-state index in [-0.39, 0.29) is 12.5 Å². The van der Waals surface area contributed by atoms with Crippen molar-refractivity contribution in [1.82, 2.24) is 5.32 Å². The van der Waals surface area contributed by atoms with Crippen molar-refractivity contribution in [2.75, 3.05) is 18.9 Å². The second kappa shape index (κ2) is 7.05. The van der Waals surface area contributed by atoms with E-state index < -0.39 is 0 Å². The van der Waals surface area contributed by atoms with Gasteiger partial charge in [0.25, 0.3) is 5.91 Å². The molecule has 120 valence electrons. The number of nitrogens with two attached hydrogens (primary N) is 1. The first-order valence-electron chi connectivity index (χ1n) is 7.72. The molecule has 1 aliphatic carbocycles. The van der Waals surface area contributed by atoms with Crippen LogP contribution in [0.5, 0.6) is 17.2 Å². The zero-order chi connectivity index (χ0) is 16.1. The minimum atomic E-state index is -0.112. The molecule has 5 nitrogen and oxygen atoms in total. The van der Waals surface area contributed by atoms with E-state index in [1.54, 1.807) is 36.4 Å². The van der Waals surface area contributed by atoms with E-state index in [1.807, 2.05) is 12.1 Å². The predicted octanol–water partition coefficient (Wildman–Crippen LogP) is 2.97. The van der Waals surface area contributed by atoms with Gasteiger partial charge in [-0.1, -0.05) is 12.1 Å². The largest absolute Gasteiger partial charge is 0.480 e. The van der Waals surface area contributed by atoms with Gasteiger partial charge in [0.15, 0.2) is 18.1 Å². The van der Waals surface area contributed by atoms with E-state index in [2.05, 4.69) is 5.32 Å². The van der Waals surface area contributed by atoms with Crippen LogP contribution in [0.25, 0.3) is 0 Å². The molecule has 2 aromatic carbocycles. The van der Waals surface area contributed by atoms with Gasteiger partial charge < -0.3 is 20.5 Å². The van der Waals surface area contributed by atoms with Crippen molar-refractivity contribution < 1.29 is 14.3 Å². The summed E-state index contributed by atoms with van der Waals surface area (Å²) >= 11 is 0. The quantitative estimate of drug-likeness (QED) is 0.771. The van der Waals surface area contributed by atoms with Crippen molar-refractivity contribution in [3.8, 4) is 17.2 Å². The number of rotatable bonds is 7. The summed E-state index contributed by atoms with van der Waals surface area (Å²) < 4.78 is 11.4. The molecule has 5 heteroatoms. The number of nitrogen functional groups attached to an aromatic ring is 1. The van der Waals surface area contributed by atoms with Crippen molar-refractivity contribution >= 4 is 11.6 Å². The summed E-state index contributed by atoms with van der Waals surface area (Å²) in [5.41, 5.74) is 6.34. The van der Waals surface area contributed by atoms with Gasteiger partial charge in [-0.05, 0) is 55.2 Å². The standard InChI is InChI=1S/C18H20N2O3/c19-14-7-9-15(10-8-14)23-17-4-2-1-3-16(17)22-12-18(21)20-11-13-5-6-13/h1-4,7-10,13H,5-6,11-12,19H2,(H,20,21). The lowest BCUT2D eigenvalue weighted by Gasteiger charge is -2.12. The highest BCUT2D eigenvalue weighted by Gasteiger charge is 2.21. The number of carbonyl (C=O) groups excluding carboxylic acids is 1. The zero-order valence-electron chi connectivity index (χ0n) is 12.8. The molecule has 0 spiro atoms. The Bertz CT molecular complexity index is 666. The third-order valence-electron chi connectivity index (χ3n) is 3.60. The summed E-state index contributed by atoms with van der Waals surface area (Å²) in [5.74, 6) is 2.30. The summed E-state index contributed by atoms with van der Waals surface area (Å²) in [6.45, 7) is 0.723. The monoisotopic (exact) mass is 312 g/mol. The van der Waals surface area contributed by atoms with Crippen LogP contribution in [0, 0.1) is 5.92 Å². The molecule has 0 aliphatic heterocycles. The molecule has 0 radical (unpaired) electrons. The molecule has 0 aromatic heterocycles. The Morgan fingerprint density at radius 2 is 1.78 bits per heavy atom. The van der Waals surface area contributed by atoms with Crippen molar-refractivity contribution in [2.45, 2.75) is 12.8 Å². The highest BCUT2D eigenvalue weighted by atomic mass is 16.5. The molecule has 3 rings (SSSR count). The van der Waals surface area contributed by atoms with Gasteiger partial charge in [-0.15, -0.1) is 0 Å². The Balaban J connectivity index is 1.58. The number of para-hydroxylation sites is 2. The molecule has 2 aromatic rings. The Morgan fingerprint density at radius 1 is 1.09 bits per heavy atom. The molecule has 1 aliphatic rings. The Hall–Kier alpha value is -2.69. The van der Waals surface area contributed by atoms with Crippen LogP contribution in [0.4, 0.5) is 5.69 Å². The first kappa shape index (κ1) is 15.2. The van der Waals surface area contributed by atoms with E-state index in [1.165, 1.54) is 12.8 Å². The van der Waals surface area contributed by atoms with Crippen LogP contribution >= 0.6 is 0 Å². The van der Waals surface area contributed by atoms with Crippen LogP contribution in [-0.4, -0.2) is 19.1 Å². The number of anilines is 1. The third kappa shape index (κ3) is 4.64. The summed E-state index contributed by atoms with van der Waals surface area (Å²) in [6, 6.07) is 14.4. The predicted molar refractivity (Wildman–Crippen MR) is 88.6 cm³/mol. The van der Waals surface area contributed by atoms with Gasteiger partial charge in [-0.25, -0.2) is 0 Å². The lowest BCUT2D eigenvalue weighted by Crippen LogP contribution is -2.30. The van der Waals surface area contributed by atoms with Crippen LogP contribution in [0.3, 0.4) is 0 Å². The average Bonchev–Trinajstić information content (AvgIpc) is 3.38. The topological polar surface area (TPSA) is 73.6 Å². The minimum absolute atomic E-state index is 0.0190. The van der Waals surface area contributed by atoms with E-state index in [4.69, 9.17) is 15.2 Å². The molecule has 0 heterocycles. The van der Waals surface area contributed by atoms with Crippen LogP contribution in [0.15, 0.2) is 48.5 Å². The van der Waals surface area contributed by atoms with Crippen LogP contribution < -0.4 is 20.5 Å². The molecule has 0 bridgehead atoms. The SMILES string of the molecule is Nc1ccc(Oc2ccccc2OCC(=O)NCC2CC2)cc1. The molecule has 0 atom stereocenters. The van der Waals surface area contributed by atoms with Crippen LogP contribution in [0.2, 0.25) is 0 Å². The molecule has 1 saturated carbocycles. The van der Waals surface area contributed by atoms with Crippen LogP contribution in [-0.2, 0) is 4.79 Å². The summed E-state index contributed by atoms with van der Waals surface area (Å²) in [7, 11) is 0. The Labute approximate surface area is 135 Å². The van der Waals surface area contributed by atoms with Crippen LogP contribution in [0.1, 0.15) is 12.8 Å². The second-order valence-electron chi connectivity index (χ2n) is 5.65. The fourth-order valence-corrected chi connectivity index (χ4v) is 2.09. The number of ether oxygens (including phenoxy) is 2. The number of hydrogen-bond acceptors (Lipinski definition) is 4. The normalized spacial score (nSPS) is 13.4. The molecule has 3 N–H and O–H groups in total. The summed E-state index contributed by atoms with van der Waals surface area (Å²) in [4.78, 5) is 11.8. The average molecular weight is 312 g/mol. The first-order chi connectivity index (χ1) is 11.2. The number of carbonyl (C=O) groups is 1. The minimum Gasteiger partial charge on any atom is -0.480 e. The molecular formula is C18H20N2O3. The molecule has 0 unspecified atom stereocenters. The summed E-state index contributed by atoms with van der Waals surface area (Å²) in [5, 5.41) is 2.87. The van der Waals surface area contributed by atoms with E-state index in [0.29, 0.717) is 28.9 Å². The first-order valence-corrected chi connectivity index (χ1v) is 7.72. The van der Waals surface area contributed by atoms with Gasteiger partial charge in [0, 0.05) is 12.2 Å². The van der Waals surface area contributed by atoms with E-state index in [9.17, 15) is 4.79 Å². The maximum atomic E-state index is 11.8. The van der Waals surface area contributed by atoms with Crippen molar-refractivity contribution in [3.63, 3.8) is 0 Å². The molecule has 0 saturated heterocycles. The maximum Gasteiger partial charge on any atom is 0.257 e. The smallest absolute Gasteiger partial charge is 0.257 e. The van der Waals surface area contributed by atoms with Crippen molar-refractivity contribution in [2.24, 2.45) is 5.92 Å². The van der Waals surface area contributed by atoms with Crippen molar-refractivity contribution in [1.29, 1.82) is 0 Å². The fourth-order valence-electron chi connectivity index (χ4n) is 2.09. The molecular weight excluding hydrogens is 292 g/mol. The zero-order valence-corrected chi connectivity index (χ0v) is 12.8. The second-order valence-corrected chi connectivity index (χ2v) is 5.65. The summed E-state index contributed by atoms with van der Waals surface area (Å²) in [6.07, 6.45) is 2.42. The van der Waals surface area contributed by atoms with Gasteiger partial charge >= 0.3 is 0 Å². The lowest BCUT2D eigenvalue weighted by molar-refractivity contribution is -0.123. The third-order valence-corrected chi connectivity index (χ3v) is 3.60. The van der Waals surface area contributed by atoms with E-state index >= 15 is 0 Å². The lowest BCUT2D eigenvalue weighted by atomic mass is 10.3. The molecule has 23 heavy (non-hydrogen) atoms. The Morgan fingerprint density at radius 3 is 2.48 bits per heavy atom. The van der Waals surface area contributed by atoms with Gasteiger partial charge in [-0.3, -0.25) is 4.79 Å². The highest BCUT2D eigenvalue weighted by Crippen LogP contribution is 2.31. The number of amides is 1. The van der Waals surface area contributed by atoms with Gasteiger partial charge in [-0.2, -0.15) is 0 Å². The maximum absolute atomic E-state index is 11.8. The highest BCUT2D eigenvalue weighted by molar-refractivity contribution is 5.77.